The first-order chi connectivity index (χ1) is 36.2. The van der Waals surface area contributed by atoms with Crippen LogP contribution in [0.4, 0.5) is 0 Å². The third-order valence-electron chi connectivity index (χ3n) is 0. The van der Waals surface area contributed by atoms with Gasteiger partial charge in [-0.15, -0.1) is 0 Å². The Hall–Kier alpha value is 3.67. The van der Waals surface area contributed by atoms with E-state index in [9.17, 15) is 0 Å². The fraction of sp³-hybridized carbons (Fsp3) is 1.00. The number of hydrogen-bond acceptors (Lipinski definition) is 20. The minimum absolute atomic E-state index is 0. The van der Waals surface area contributed by atoms with Crippen LogP contribution in [0, 0.1) is 0 Å². The van der Waals surface area contributed by atoms with Crippen molar-refractivity contribution in [3.05, 3.63) is 0 Å². The van der Waals surface area contributed by atoms with Gasteiger partial charge in [0.25, 0.3) is 0 Å². The van der Waals surface area contributed by atoms with Crippen LogP contribution in [0.3, 0.4) is 0 Å². The molecule has 0 saturated heterocycles. The van der Waals surface area contributed by atoms with Crippen LogP contribution in [0.15, 0.2) is 0 Å². The molecule has 0 spiro atoms. The Kier molecular flexibility index (Phi) is 227. The van der Waals surface area contributed by atoms with Crippen molar-refractivity contribution in [1.82, 2.24) is 0 Å². The van der Waals surface area contributed by atoms with Crippen molar-refractivity contribution < 1.29 is 296 Å². The van der Waals surface area contributed by atoms with Crippen molar-refractivity contribution >= 4 is 46.9 Å². The Labute approximate surface area is 617 Å². The molecule has 0 aliphatic rings. The fourth-order valence-electron chi connectivity index (χ4n) is 0. The van der Waals surface area contributed by atoms with E-state index in [2.05, 4.69) is 0 Å². The minimum atomic E-state index is -4.64. The summed E-state index contributed by atoms with van der Waals surface area (Å²) in [5, 5.41) is 113. The standard InChI is InChI=1S/14C3H8O.6H3O4P.5Ti/c14*1-3(2)4;6*1-5(2,3)4;;;;;/h14*3-4H,1-2H3;6*(H3,1,2,3,4);;;;;. The monoisotopic (exact) mass is 1670 g/mol. The van der Waals surface area contributed by atoms with Gasteiger partial charge in [-0.05, 0) is 194 Å². The Bertz CT molecular complexity index is 997. The molecule has 0 aromatic rings. The Balaban J connectivity index is -0.0000000219. The molecular weight excluding hydrogens is 1540 g/mol. The summed E-state index contributed by atoms with van der Waals surface area (Å²) in [6, 6.07) is 0. The molecule has 0 aliphatic heterocycles. The van der Waals surface area contributed by atoms with Gasteiger partial charge in [0.1, 0.15) is 0 Å². The summed E-state index contributed by atoms with van der Waals surface area (Å²) in [5.41, 5.74) is 0. The largest absolute Gasteiger partial charge is 0.466 e. The van der Waals surface area contributed by atoms with E-state index >= 15 is 0 Å². The summed E-state index contributed by atoms with van der Waals surface area (Å²) in [7, 11) is -27.8. The van der Waals surface area contributed by atoms with Crippen molar-refractivity contribution in [3.63, 3.8) is 0 Å². The van der Waals surface area contributed by atoms with E-state index in [4.69, 9.17) is 187 Å². The third-order valence-corrected chi connectivity index (χ3v) is 0. The molecule has 0 rings (SSSR count). The quantitative estimate of drug-likeness (QED) is 0.111. The van der Waals surface area contributed by atoms with E-state index in [1.165, 1.54) is 0 Å². The second-order valence-corrected chi connectivity index (χ2v) is 24.6. The first-order valence-electron chi connectivity index (χ1n) is 24.5. The summed E-state index contributed by atoms with van der Waals surface area (Å²) in [4.78, 5) is 129. The summed E-state index contributed by atoms with van der Waals surface area (Å²) in [5.74, 6) is 0. The van der Waals surface area contributed by atoms with Crippen LogP contribution >= 0.6 is 46.9 Å². The fourth-order valence-corrected chi connectivity index (χ4v) is 0. The van der Waals surface area contributed by atoms with Gasteiger partial charge < -0.3 is 160 Å². The van der Waals surface area contributed by atoms with Crippen LogP contribution < -0.4 is 0 Å². The maximum absolute atomic E-state index is 8.88. The number of rotatable bonds is 0. The van der Waals surface area contributed by atoms with E-state index in [0.717, 1.165) is 0 Å². The number of phosphoric acid groups is 6. The Morgan fingerprint density at radius 2 is 0.132 bits per heavy atom. The SMILES string of the molecule is CC(C)O.CC(C)O.CC(C)O.CC(C)O.CC(C)O.CC(C)O.CC(C)O.CC(C)O.CC(C)O.CC(C)O.CC(C)O.CC(C)O.CC(C)O.CC(C)O.O=P(O)(O)O.O=P(O)(O)O.O=P(O)(O)O.O=P(O)(O)O.O=P(O)(O)O.O=P(O)(O)O.[Ti].[Ti].[Ti].[Ti].[Ti]. The van der Waals surface area contributed by atoms with Crippen molar-refractivity contribution in [2.75, 3.05) is 0 Å². The van der Waals surface area contributed by atoms with Gasteiger partial charge in [-0.1, -0.05) is 0 Å². The first kappa shape index (κ1) is 171. The molecular formula is C42H130O38P6Ti5. The minimum Gasteiger partial charge on any atom is -0.394 e. The molecule has 0 amide bonds. The van der Waals surface area contributed by atoms with Crippen LogP contribution in [0.1, 0.15) is 194 Å². The van der Waals surface area contributed by atoms with E-state index in [1.54, 1.807) is 194 Å². The van der Waals surface area contributed by atoms with Crippen LogP contribution in [0.2, 0.25) is 0 Å². The molecule has 0 radical (unpaired) electrons. The molecule has 49 heteroatoms. The van der Waals surface area contributed by atoms with Gasteiger partial charge in [0.2, 0.25) is 0 Å². The average molecular weight is 1670 g/mol. The Morgan fingerprint density at radius 1 is 0.132 bits per heavy atom. The van der Waals surface area contributed by atoms with Gasteiger partial charge in [0.15, 0.2) is 0 Å². The Morgan fingerprint density at radius 3 is 0.132 bits per heavy atom. The van der Waals surface area contributed by atoms with Crippen LogP contribution in [-0.2, 0) is 136 Å². The summed E-state index contributed by atoms with van der Waals surface area (Å²) >= 11 is 0. The first-order valence-corrected chi connectivity index (χ1v) is 33.9. The predicted octanol–water partition coefficient (Wildman–Crippen LogP) is -0.165. The van der Waals surface area contributed by atoms with Crippen LogP contribution in [0.5, 0.6) is 0 Å². The molecule has 0 saturated carbocycles. The topological polar surface area (TPSA) is 750 Å². The second-order valence-electron chi connectivity index (χ2n) is 18.4. The van der Waals surface area contributed by atoms with Gasteiger partial charge >= 0.3 is 46.9 Å². The zero-order chi connectivity index (χ0) is 77.1. The van der Waals surface area contributed by atoms with Gasteiger partial charge in [0, 0.05) is 194 Å². The maximum Gasteiger partial charge on any atom is 0.466 e. The van der Waals surface area contributed by atoms with Gasteiger partial charge in [-0.2, -0.15) is 0 Å². The van der Waals surface area contributed by atoms with Crippen LogP contribution in [-0.4, -0.2) is 245 Å². The zero-order valence-electron chi connectivity index (χ0n) is 58.0. The molecule has 0 atom stereocenters. The third kappa shape index (κ3) is 58400. The molecule has 38 nitrogen and oxygen atoms in total. The van der Waals surface area contributed by atoms with E-state index in [-0.39, 0.29) is 194 Å². The number of aliphatic hydroxyl groups is 14. The van der Waals surface area contributed by atoms with Crippen LogP contribution in [0.25, 0.3) is 0 Å². The smallest absolute Gasteiger partial charge is 0.394 e. The molecule has 32 N–H and O–H groups in total. The van der Waals surface area contributed by atoms with E-state index < -0.39 is 46.9 Å². The summed E-state index contributed by atoms with van der Waals surface area (Å²) in [6.45, 7) is 48.2. The van der Waals surface area contributed by atoms with E-state index in [1.807, 2.05) is 0 Å². The maximum atomic E-state index is 8.88. The predicted molar refractivity (Wildman–Crippen MR) is 329 cm³/mol. The summed E-state index contributed by atoms with van der Waals surface area (Å²) in [6.07, 6.45) is -2.33. The number of aliphatic hydroxyl groups excluding tert-OH is 14. The van der Waals surface area contributed by atoms with Crippen molar-refractivity contribution in [2.45, 2.75) is 279 Å². The number of hydrogen-bond donors (Lipinski definition) is 32. The van der Waals surface area contributed by atoms with E-state index in [0.29, 0.717) is 0 Å². The molecule has 0 fully saturated rings. The molecule has 0 aliphatic carbocycles. The van der Waals surface area contributed by atoms with Crippen molar-refractivity contribution in [1.29, 1.82) is 0 Å². The molecule has 0 heterocycles. The van der Waals surface area contributed by atoms with Gasteiger partial charge in [-0.3, -0.25) is 0 Å². The van der Waals surface area contributed by atoms with Crippen molar-refractivity contribution in [3.8, 4) is 0 Å². The second kappa shape index (κ2) is 121. The molecule has 0 unspecified atom stereocenters. The molecule has 91 heavy (non-hydrogen) atoms. The normalized spacial score (nSPS) is 9.43. The van der Waals surface area contributed by atoms with Gasteiger partial charge in [-0.25, -0.2) is 27.4 Å². The molecule has 0 bridgehead atoms. The molecule has 0 aromatic heterocycles. The average Bonchev–Trinajstić information content (AvgIpc) is 2.96. The molecule has 576 valence electrons. The summed E-state index contributed by atoms with van der Waals surface area (Å²) < 4.78 is 53.3. The molecule has 0 aromatic carbocycles. The zero-order valence-corrected chi connectivity index (χ0v) is 71.2. The van der Waals surface area contributed by atoms with Crippen molar-refractivity contribution in [2.24, 2.45) is 0 Å². The van der Waals surface area contributed by atoms with Gasteiger partial charge in [0.05, 0.1) is 0 Å².